The Bertz CT molecular complexity index is 1370. The van der Waals surface area contributed by atoms with Gasteiger partial charge in [-0.2, -0.15) is 4.98 Å². The Kier molecular flexibility index (Phi) is 7.44. The van der Waals surface area contributed by atoms with Gasteiger partial charge in [0.25, 0.3) is 0 Å². The second kappa shape index (κ2) is 10.9. The van der Waals surface area contributed by atoms with E-state index in [0.717, 1.165) is 12.8 Å². The molecule has 2 aliphatic rings. The zero-order valence-electron chi connectivity index (χ0n) is 21.3. The van der Waals surface area contributed by atoms with Gasteiger partial charge in [0.1, 0.15) is 17.0 Å². The maximum absolute atomic E-state index is 14.5. The van der Waals surface area contributed by atoms with Gasteiger partial charge in [-0.05, 0) is 38.5 Å². The van der Waals surface area contributed by atoms with Crippen LogP contribution in [0.2, 0.25) is 0 Å². The number of amides is 2. The van der Waals surface area contributed by atoms with Gasteiger partial charge in [-0.25, -0.2) is 27.9 Å². The summed E-state index contributed by atoms with van der Waals surface area (Å²) < 4.78 is 49.1. The molecule has 208 valence electrons. The molecule has 0 radical (unpaired) electrons. The van der Waals surface area contributed by atoms with E-state index in [1.807, 2.05) is 0 Å². The maximum Gasteiger partial charge on any atom is 0.409 e. The highest BCUT2D eigenvalue weighted by Gasteiger charge is 2.30. The summed E-state index contributed by atoms with van der Waals surface area (Å²) >= 11 is 0. The number of piperidine rings is 1. The average molecular weight is 547 g/mol. The predicted octanol–water partition coefficient (Wildman–Crippen LogP) is 3.85. The number of benzene rings is 1. The van der Waals surface area contributed by atoms with Crippen LogP contribution in [0.4, 0.5) is 35.5 Å². The monoisotopic (exact) mass is 546 g/mol. The molecule has 14 heteroatoms. The van der Waals surface area contributed by atoms with Crippen LogP contribution in [-0.2, 0) is 9.53 Å². The Morgan fingerprint density at radius 2 is 1.79 bits per heavy atom. The SMILES string of the molecule is COC(=O)N1CCC[C@@H](Nc2ncc3nc(Nc4c(F)cc(F)cc4F)n([C@H]4CC[C@@H](C(N)=O)CC4)c3n2)C1. The number of ether oxygens (including phenoxy) is 1. The van der Waals surface area contributed by atoms with Crippen molar-refractivity contribution in [2.24, 2.45) is 11.7 Å². The fourth-order valence-electron chi connectivity index (χ4n) is 5.36. The van der Waals surface area contributed by atoms with Gasteiger partial charge >= 0.3 is 6.09 Å². The minimum Gasteiger partial charge on any atom is -0.453 e. The number of anilines is 3. The van der Waals surface area contributed by atoms with Crippen LogP contribution >= 0.6 is 0 Å². The normalized spacial score (nSPS) is 21.5. The third kappa shape index (κ3) is 5.54. The zero-order valence-corrected chi connectivity index (χ0v) is 21.3. The molecule has 1 aliphatic carbocycles. The minimum absolute atomic E-state index is 0.109. The molecule has 3 aromatic rings. The third-order valence-electron chi connectivity index (χ3n) is 7.33. The van der Waals surface area contributed by atoms with E-state index in [-0.39, 0.29) is 29.9 Å². The van der Waals surface area contributed by atoms with E-state index in [9.17, 15) is 22.8 Å². The summed E-state index contributed by atoms with van der Waals surface area (Å²) in [4.78, 5) is 38.8. The van der Waals surface area contributed by atoms with Crippen molar-refractivity contribution in [2.45, 2.75) is 50.6 Å². The number of likely N-dealkylation sites (tertiary alicyclic amines) is 1. The number of nitrogens with zero attached hydrogens (tertiary/aromatic N) is 5. The molecule has 11 nitrogen and oxygen atoms in total. The number of aromatic nitrogens is 4. The van der Waals surface area contributed by atoms with E-state index in [2.05, 4.69) is 25.6 Å². The summed E-state index contributed by atoms with van der Waals surface area (Å²) in [6, 6.07) is 0.852. The van der Waals surface area contributed by atoms with E-state index in [4.69, 9.17) is 10.5 Å². The van der Waals surface area contributed by atoms with E-state index < -0.39 is 29.2 Å². The van der Waals surface area contributed by atoms with E-state index in [1.165, 1.54) is 13.3 Å². The summed E-state index contributed by atoms with van der Waals surface area (Å²) in [7, 11) is 1.34. The van der Waals surface area contributed by atoms with Crippen LogP contribution in [0, 0.1) is 23.4 Å². The largest absolute Gasteiger partial charge is 0.453 e. The number of nitrogens with two attached hydrogens (primary N) is 1. The van der Waals surface area contributed by atoms with Gasteiger partial charge in [0.2, 0.25) is 17.8 Å². The van der Waals surface area contributed by atoms with Gasteiger partial charge in [0, 0.05) is 43.2 Å². The highest BCUT2D eigenvalue weighted by molar-refractivity contribution is 5.78. The molecule has 5 rings (SSSR count). The van der Waals surface area contributed by atoms with Crippen molar-refractivity contribution in [3.05, 3.63) is 35.8 Å². The van der Waals surface area contributed by atoms with Gasteiger partial charge in [0.15, 0.2) is 17.3 Å². The van der Waals surface area contributed by atoms with Crippen LogP contribution in [0.1, 0.15) is 44.6 Å². The number of primary amides is 1. The number of rotatable bonds is 6. The number of carbonyl (C=O) groups is 2. The van der Waals surface area contributed by atoms with Gasteiger partial charge in [-0.15, -0.1) is 0 Å². The minimum atomic E-state index is -1.11. The second-order valence-corrected chi connectivity index (χ2v) is 9.88. The lowest BCUT2D eigenvalue weighted by atomic mass is 9.85. The van der Waals surface area contributed by atoms with Crippen LogP contribution < -0.4 is 16.4 Å². The fourth-order valence-corrected chi connectivity index (χ4v) is 5.36. The molecule has 2 amide bonds. The molecule has 39 heavy (non-hydrogen) atoms. The number of imidazole rings is 1. The predicted molar refractivity (Wildman–Crippen MR) is 136 cm³/mol. The number of nitrogens with one attached hydrogen (secondary N) is 2. The molecule has 2 fully saturated rings. The number of carbonyl (C=O) groups excluding carboxylic acids is 2. The molecule has 1 saturated heterocycles. The highest BCUT2D eigenvalue weighted by atomic mass is 19.1. The Labute approximate surface area is 221 Å². The maximum atomic E-state index is 14.5. The average Bonchev–Trinajstić information content (AvgIpc) is 3.27. The quantitative estimate of drug-likeness (QED) is 0.424. The lowest BCUT2D eigenvalue weighted by molar-refractivity contribution is -0.122. The summed E-state index contributed by atoms with van der Waals surface area (Å²) in [6.07, 6.45) is 4.87. The number of hydrogen-bond donors (Lipinski definition) is 3. The van der Waals surface area contributed by atoms with Crippen LogP contribution in [0.15, 0.2) is 18.3 Å². The second-order valence-electron chi connectivity index (χ2n) is 9.88. The topological polar surface area (TPSA) is 140 Å². The first-order valence-corrected chi connectivity index (χ1v) is 12.8. The summed E-state index contributed by atoms with van der Waals surface area (Å²) in [6.45, 7) is 1.01. The van der Waals surface area contributed by atoms with Crippen LogP contribution in [0.25, 0.3) is 11.2 Å². The Balaban J connectivity index is 1.48. The summed E-state index contributed by atoms with van der Waals surface area (Å²) in [5, 5.41) is 5.94. The van der Waals surface area contributed by atoms with Gasteiger partial charge < -0.3 is 26.0 Å². The molecule has 0 unspecified atom stereocenters. The first-order chi connectivity index (χ1) is 18.7. The molecule has 4 N–H and O–H groups in total. The van der Waals surface area contributed by atoms with Crippen molar-refractivity contribution < 1.29 is 27.5 Å². The first kappa shape index (κ1) is 26.5. The number of hydrogen-bond acceptors (Lipinski definition) is 8. The number of fused-ring (bicyclic) bond motifs is 1. The Morgan fingerprint density at radius 3 is 2.46 bits per heavy atom. The molecule has 2 aromatic heterocycles. The van der Waals surface area contributed by atoms with E-state index >= 15 is 0 Å². The van der Waals surface area contributed by atoms with Gasteiger partial charge in [0.05, 0.1) is 13.3 Å². The first-order valence-electron chi connectivity index (χ1n) is 12.8. The molecular weight excluding hydrogens is 517 g/mol. The van der Waals surface area contributed by atoms with Crippen molar-refractivity contribution >= 4 is 40.7 Å². The molecule has 0 spiro atoms. The number of halogens is 3. The fraction of sp³-hybridized carbons (Fsp3) is 0.480. The highest BCUT2D eigenvalue weighted by Crippen LogP contribution is 2.37. The Morgan fingerprint density at radius 1 is 1.08 bits per heavy atom. The van der Waals surface area contributed by atoms with Crippen molar-refractivity contribution in [2.75, 3.05) is 30.8 Å². The van der Waals surface area contributed by atoms with Crippen LogP contribution in [-0.4, -0.2) is 62.7 Å². The smallest absolute Gasteiger partial charge is 0.409 e. The van der Waals surface area contributed by atoms with Gasteiger partial charge in [-0.3, -0.25) is 9.36 Å². The molecule has 1 aromatic carbocycles. The number of methoxy groups -OCH3 is 1. The molecule has 1 aliphatic heterocycles. The molecular formula is C25H29F3N8O3. The van der Waals surface area contributed by atoms with Crippen molar-refractivity contribution in [3.63, 3.8) is 0 Å². The van der Waals surface area contributed by atoms with Gasteiger partial charge in [-0.1, -0.05) is 0 Å². The summed E-state index contributed by atoms with van der Waals surface area (Å²) in [5.74, 6) is -3.46. The van der Waals surface area contributed by atoms with E-state index in [1.54, 1.807) is 9.47 Å². The van der Waals surface area contributed by atoms with Crippen molar-refractivity contribution in [1.82, 2.24) is 24.4 Å². The van der Waals surface area contributed by atoms with Crippen molar-refractivity contribution in [1.29, 1.82) is 0 Å². The molecule has 0 bridgehead atoms. The molecule has 3 heterocycles. The van der Waals surface area contributed by atoms with E-state index in [0.29, 0.717) is 68.0 Å². The van der Waals surface area contributed by atoms with Crippen molar-refractivity contribution in [3.8, 4) is 0 Å². The van der Waals surface area contributed by atoms with Crippen LogP contribution in [0.3, 0.4) is 0 Å². The lowest BCUT2D eigenvalue weighted by Gasteiger charge is -2.32. The zero-order chi connectivity index (χ0) is 27.7. The summed E-state index contributed by atoms with van der Waals surface area (Å²) in [5.41, 5.74) is 5.75. The standard InChI is InChI=1S/C25H29F3N8O3/c1-39-25(38)35-8-2-3-15(12-35)31-23-30-11-19-22(34-23)36(16-6-4-13(5-7-16)21(29)37)24(32-19)33-20-17(27)9-14(26)10-18(20)28/h9-11,13,15-16H,2-8,12H2,1H3,(H2,29,37)(H,32,33)(H,30,31,34)/t13-,15-,16+/m1/s1. The lowest BCUT2D eigenvalue weighted by Crippen LogP contribution is -2.45. The molecule has 1 atom stereocenters. The molecule has 1 saturated carbocycles. The third-order valence-corrected chi connectivity index (χ3v) is 7.33. The Hall–Kier alpha value is -4.10. The van der Waals surface area contributed by atoms with Crippen LogP contribution in [0.5, 0.6) is 0 Å².